The van der Waals surface area contributed by atoms with Crippen LogP contribution in [0, 0.1) is 5.92 Å². The quantitative estimate of drug-likeness (QED) is 0.794. The van der Waals surface area contributed by atoms with Crippen LogP contribution in [0.3, 0.4) is 0 Å². The van der Waals surface area contributed by atoms with Crippen LogP contribution in [0.5, 0.6) is 5.75 Å². The summed E-state index contributed by atoms with van der Waals surface area (Å²) in [7, 11) is -3.67. The van der Waals surface area contributed by atoms with Gasteiger partial charge in [-0.25, -0.2) is 8.42 Å². The van der Waals surface area contributed by atoms with Crippen LogP contribution in [0.25, 0.3) is 0 Å². The molecule has 24 heavy (non-hydrogen) atoms. The van der Waals surface area contributed by atoms with Crippen LogP contribution in [0.15, 0.2) is 23.1 Å². The molecule has 0 bridgehead atoms. The van der Waals surface area contributed by atoms with Gasteiger partial charge in [-0.05, 0) is 37.0 Å². The molecule has 0 unspecified atom stereocenters. The maximum atomic E-state index is 12.8. The number of sulfonamides is 1. The minimum absolute atomic E-state index is 0.00793. The van der Waals surface area contributed by atoms with Gasteiger partial charge in [-0.2, -0.15) is 4.31 Å². The topological polar surface area (TPSA) is 75.7 Å². The highest BCUT2D eigenvalue weighted by Crippen LogP contribution is 2.31. The molecule has 1 N–H and O–H groups in total. The number of nitrogens with one attached hydrogen (secondary N) is 1. The number of carbonyl (C=O) groups is 1. The van der Waals surface area contributed by atoms with E-state index in [0.717, 1.165) is 12.8 Å². The predicted molar refractivity (Wildman–Crippen MR) is 92.8 cm³/mol. The molecule has 1 fully saturated rings. The molecule has 1 aliphatic rings. The van der Waals surface area contributed by atoms with Crippen LogP contribution in [-0.2, 0) is 14.8 Å². The number of hydrogen-bond acceptors (Lipinski definition) is 4. The molecule has 0 spiro atoms. The molecule has 134 valence electrons. The van der Waals surface area contributed by atoms with Crippen molar-refractivity contribution in [2.24, 2.45) is 5.92 Å². The number of benzene rings is 1. The Kier molecular flexibility index (Phi) is 6.48. The van der Waals surface area contributed by atoms with E-state index < -0.39 is 10.0 Å². The first kappa shape index (κ1) is 19.0. The highest BCUT2D eigenvalue weighted by Gasteiger charge is 2.30. The highest BCUT2D eigenvalue weighted by atomic mass is 35.5. The van der Waals surface area contributed by atoms with Crippen LogP contribution >= 0.6 is 11.6 Å². The Morgan fingerprint density at radius 3 is 2.62 bits per heavy atom. The first-order valence-corrected chi connectivity index (χ1v) is 9.81. The molecule has 1 aliphatic heterocycles. The number of amides is 1. The molecule has 0 radical (unpaired) electrons. The summed E-state index contributed by atoms with van der Waals surface area (Å²) in [5.41, 5.74) is 0. The zero-order chi connectivity index (χ0) is 17.7. The molecule has 0 saturated carbocycles. The minimum atomic E-state index is -3.67. The summed E-state index contributed by atoms with van der Waals surface area (Å²) < 4.78 is 32.4. The minimum Gasteiger partial charge on any atom is -0.482 e. The summed E-state index contributed by atoms with van der Waals surface area (Å²) >= 11 is 5.96. The second kappa shape index (κ2) is 8.18. The summed E-state index contributed by atoms with van der Waals surface area (Å²) in [4.78, 5) is 11.8. The Morgan fingerprint density at radius 2 is 2.00 bits per heavy atom. The first-order chi connectivity index (χ1) is 11.3. The Labute approximate surface area is 148 Å². The van der Waals surface area contributed by atoms with E-state index in [4.69, 9.17) is 16.3 Å². The van der Waals surface area contributed by atoms with E-state index in [1.807, 2.05) is 13.8 Å². The molecule has 1 amide bonds. The standard InChI is InChI=1S/C16H23ClN2O4S/c1-12(2)10-18-16(20)11-23-14-6-5-13(17)9-15(14)24(21,22)19-7-3-4-8-19/h5-6,9,12H,3-4,7-8,10-11H2,1-2H3,(H,18,20). The summed E-state index contributed by atoms with van der Waals surface area (Å²) in [6, 6.07) is 4.41. The molecular formula is C16H23ClN2O4S. The third kappa shape index (κ3) is 4.84. The van der Waals surface area contributed by atoms with Gasteiger partial charge >= 0.3 is 0 Å². The largest absolute Gasteiger partial charge is 0.482 e. The Bertz CT molecular complexity index is 685. The number of halogens is 1. The molecule has 1 aromatic carbocycles. The van der Waals surface area contributed by atoms with Crippen molar-refractivity contribution < 1.29 is 17.9 Å². The van der Waals surface area contributed by atoms with Gasteiger partial charge in [0.1, 0.15) is 10.6 Å². The molecule has 6 nitrogen and oxygen atoms in total. The smallest absolute Gasteiger partial charge is 0.257 e. The molecule has 0 atom stereocenters. The molecular weight excluding hydrogens is 352 g/mol. The second-order valence-corrected chi connectivity index (χ2v) is 8.53. The fourth-order valence-electron chi connectivity index (χ4n) is 2.38. The van der Waals surface area contributed by atoms with Gasteiger partial charge in [0.05, 0.1) is 0 Å². The van der Waals surface area contributed by atoms with Gasteiger partial charge in [0, 0.05) is 24.7 Å². The summed E-state index contributed by atoms with van der Waals surface area (Å²) in [5.74, 6) is 0.185. The fourth-order valence-corrected chi connectivity index (χ4v) is 4.29. The van der Waals surface area contributed by atoms with E-state index in [1.165, 1.54) is 16.4 Å². The fraction of sp³-hybridized carbons (Fsp3) is 0.562. The number of nitrogens with zero attached hydrogens (tertiary/aromatic N) is 1. The van der Waals surface area contributed by atoms with E-state index in [9.17, 15) is 13.2 Å². The molecule has 1 saturated heterocycles. The Hall–Kier alpha value is -1.31. The van der Waals surface area contributed by atoms with Gasteiger partial charge in [-0.3, -0.25) is 4.79 Å². The molecule has 0 aromatic heterocycles. The lowest BCUT2D eigenvalue weighted by Gasteiger charge is -2.18. The van der Waals surface area contributed by atoms with E-state index >= 15 is 0 Å². The van der Waals surface area contributed by atoms with E-state index in [2.05, 4.69) is 5.32 Å². The average Bonchev–Trinajstić information content (AvgIpc) is 3.06. The van der Waals surface area contributed by atoms with Crippen LogP contribution in [0.1, 0.15) is 26.7 Å². The molecule has 8 heteroatoms. The van der Waals surface area contributed by atoms with E-state index in [0.29, 0.717) is 30.6 Å². The van der Waals surface area contributed by atoms with Crippen LogP contribution in [0.4, 0.5) is 0 Å². The van der Waals surface area contributed by atoms with Crippen LogP contribution in [-0.4, -0.2) is 44.9 Å². The molecule has 2 rings (SSSR count). The normalized spacial score (nSPS) is 15.7. The summed E-state index contributed by atoms with van der Waals surface area (Å²) in [6.45, 7) is 5.26. The van der Waals surface area contributed by atoms with Crippen molar-refractivity contribution in [2.75, 3.05) is 26.2 Å². The lowest BCUT2D eigenvalue weighted by molar-refractivity contribution is -0.123. The summed E-state index contributed by atoms with van der Waals surface area (Å²) in [5, 5.41) is 3.04. The molecule has 1 aromatic rings. The van der Waals surface area contributed by atoms with Crippen molar-refractivity contribution in [3.63, 3.8) is 0 Å². The Morgan fingerprint density at radius 1 is 1.33 bits per heavy atom. The SMILES string of the molecule is CC(C)CNC(=O)COc1ccc(Cl)cc1S(=O)(=O)N1CCCC1. The van der Waals surface area contributed by atoms with Crippen molar-refractivity contribution in [3.8, 4) is 5.75 Å². The van der Waals surface area contributed by atoms with Crippen molar-refractivity contribution in [1.29, 1.82) is 0 Å². The average molecular weight is 375 g/mol. The highest BCUT2D eigenvalue weighted by molar-refractivity contribution is 7.89. The third-order valence-electron chi connectivity index (χ3n) is 3.65. The Balaban J connectivity index is 2.14. The molecule has 0 aliphatic carbocycles. The second-order valence-electron chi connectivity index (χ2n) is 6.19. The van der Waals surface area contributed by atoms with Crippen molar-refractivity contribution in [3.05, 3.63) is 23.2 Å². The van der Waals surface area contributed by atoms with Gasteiger partial charge in [0.25, 0.3) is 5.91 Å². The monoisotopic (exact) mass is 374 g/mol. The molecule has 1 heterocycles. The van der Waals surface area contributed by atoms with Crippen molar-refractivity contribution in [2.45, 2.75) is 31.6 Å². The lowest BCUT2D eigenvalue weighted by Crippen LogP contribution is -2.32. The van der Waals surface area contributed by atoms with Crippen molar-refractivity contribution >= 4 is 27.5 Å². The zero-order valence-corrected chi connectivity index (χ0v) is 15.5. The maximum absolute atomic E-state index is 12.8. The number of ether oxygens (including phenoxy) is 1. The van der Waals surface area contributed by atoms with Gasteiger partial charge in [-0.1, -0.05) is 25.4 Å². The van der Waals surface area contributed by atoms with Crippen LogP contribution < -0.4 is 10.1 Å². The van der Waals surface area contributed by atoms with Gasteiger partial charge < -0.3 is 10.1 Å². The number of carbonyl (C=O) groups excluding carboxylic acids is 1. The number of hydrogen-bond donors (Lipinski definition) is 1. The first-order valence-electron chi connectivity index (χ1n) is 8.00. The van der Waals surface area contributed by atoms with E-state index in [-0.39, 0.29) is 23.2 Å². The number of rotatable bonds is 7. The maximum Gasteiger partial charge on any atom is 0.257 e. The predicted octanol–water partition coefficient (Wildman–Crippen LogP) is 2.28. The third-order valence-corrected chi connectivity index (χ3v) is 5.81. The lowest BCUT2D eigenvalue weighted by atomic mass is 10.2. The van der Waals surface area contributed by atoms with Crippen molar-refractivity contribution in [1.82, 2.24) is 9.62 Å². The van der Waals surface area contributed by atoms with Crippen LogP contribution in [0.2, 0.25) is 5.02 Å². The van der Waals surface area contributed by atoms with E-state index in [1.54, 1.807) is 6.07 Å². The van der Waals surface area contributed by atoms with Gasteiger partial charge in [0.2, 0.25) is 10.0 Å². The van der Waals surface area contributed by atoms with Gasteiger partial charge in [0.15, 0.2) is 6.61 Å². The summed E-state index contributed by atoms with van der Waals surface area (Å²) in [6.07, 6.45) is 1.68. The van der Waals surface area contributed by atoms with Gasteiger partial charge in [-0.15, -0.1) is 0 Å². The zero-order valence-electron chi connectivity index (χ0n) is 13.9.